The van der Waals surface area contributed by atoms with E-state index >= 15 is 0 Å². The van der Waals surface area contributed by atoms with Gasteiger partial charge in [0.2, 0.25) is 0 Å². The third-order valence-electron chi connectivity index (χ3n) is 2.09. The van der Waals surface area contributed by atoms with Crippen molar-refractivity contribution in [3.8, 4) is 0 Å². The summed E-state index contributed by atoms with van der Waals surface area (Å²) in [6.07, 6.45) is 1.77. The maximum absolute atomic E-state index is 11.7. The van der Waals surface area contributed by atoms with Gasteiger partial charge in [-0.25, -0.2) is 0 Å². The van der Waals surface area contributed by atoms with Gasteiger partial charge in [-0.3, -0.25) is 4.79 Å². The van der Waals surface area contributed by atoms with Gasteiger partial charge in [0.25, 0.3) is 5.91 Å². The topological polar surface area (TPSA) is 55.1 Å². The molecular weight excluding hydrogens is 247 g/mol. The quantitative estimate of drug-likeness (QED) is 0.800. The Morgan fingerprint density at radius 1 is 1.31 bits per heavy atom. The molecule has 88 valence electrons. The molecule has 1 aromatic rings. The van der Waals surface area contributed by atoms with Crippen LogP contribution in [0.25, 0.3) is 0 Å². The Morgan fingerprint density at radius 2 is 2.06 bits per heavy atom. The second-order valence-electron chi connectivity index (χ2n) is 3.38. The van der Waals surface area contributed by atoms with E-state index in [1.807, 2.05) is 0 Å². The average molecular weight is 261 g/mol. The first kappa shape index (κ1) is 13.3. The van der Waals surface area contributed by atoms with Crippen LogP contribution in [0.15, 0.2) is 18.2 Å². The molecule has 1 amide bonds. The van der Waals surface area contributed by atoms with Crippen LogP contribution < -0.4 is 11.1 Å². The zero-order chi connectivity index (χ0) is 12.0. The van der Waals surface area contributed by atoms with Crippen molar-refractivity contribution in [1.29, 1.82) is 0 Å². The van der Waals surface area contributed by atoms with Crippen LogP contribution in [0.4, 0.5) is 0 Å². The standard InChI is InChI=1S/C11H14Cl2N2O/c12-8-3-4-9(10(13)7-8)11(16)15-6-2-1-5-14/h3-4,7H,1-2,5-6,14H2,(H,15,16). The molecule has 5 heteroatoms. The van der Waals surface area contributed by atoms with Gasteiger partial charge >= 0.3 is 0 Å². The van der Waals surface area contributed by atoms with Crippen molar-refractivity contribution in [2.24, 2.45) is 5.73 Å². The molecule has 0 saturated heterocycles. The fourth-order valence-electron chi connectivity index (χ4n) is 1.24. The molecular formula is C11H14Cl2N2O. The van der Waals surface area contributed by atoms with Crippen LogP contribution in [-0.2, 0) is 0 Å². The highest BCUT2D eigenvalue weighted by atomic mass is 35.5. The van der Waals surface area contributed by atoms with Crippen LogP contribution in [0.1, 0.15) is 23.2 Å². The lowest BCUT2D eigenvalue weighted by Crippen LogP contribution is -2.25. The van der Waals surface area contributed by atoms with Crippen LogP contribution in [0.5, 0.6) is 0 Å². The zero-order valence-corrected chi connectivity index (χ0v) is 10.3. The number of halogens is 2. The number of unbranched alkanes of at least 4 members (excludes halogenated alkanes) is 1. The van der Waals surface area contributed by atoms with E-state index < -0.39 is 0 Å². The predicted molar refractivity (Wildman–Crippen MR) is 67.1 cm³/mol. The molecule has 0 heterocycles. The van der Waals surface area contributed by atoms with Crippen LogP contribution in [0.3, 0.4) is 0 Å². The third-order valence-corrected chi connectivity index (χ3v) is 2.64. The van der Waals surface area contributed by atoms with Crippen LogP contribution in [0, 0.1) is 0 Å². The molecule has 0 atom stereocenters. The highest BCUT2D eigenvalue weighted by Gasteiger charge is 2.09. The first-order valence-corrected chi connectivity index (χ1v) is 5.84. The molecule has 1 rings (SSSR count). The van der Waals surface area contributed by atoms with E-state index in [1.54, 1.807) is 18.2 Å². The molecule has 0 aliphatic heterocycles. The third kappa shape index (κ3) is 4.00. The lowest BCUT2D eigenvalue weighted by Gasteiger charge is -2.06. The van der Waals surface area contributed by atoms with E-state index in [4.69, 9.17) is 28.9 Å². The van der Waals surface area contributed by atoms with Gasteiger partial charge < -0.3 is 11.1 Å². The monoisotopic (exact) mass is 260 g/mol. The maximum atomic E-state index is 11.7. The number of hydrogen-bond donors (Lipinski definition) is 2. The highest BCUT2D eigenvalue weighted by Crippen LogP contribution is 2.20. The summed E-state index contributed by atoms with van der Waals surface area (Å²) in [4.78, 5) is 11.7. The summed E-state index contributed by atoms with van der Waals surface area (Å²) in [5.41, 5.74) is 5.79. The summed E-state index contributed by atoms with van der Waals surface area (Å²) in [6.45, 7) is 1.24. The van der Waals surface area contributed by atoms with Gasteiger partial charge in [0.05, 0.1) is 10.6 Å². The molecule has 0 unspecified atom stereocenters. The van der Waals surface area contributed by atoms with Crippen molar-refractivity contribution in [3.63, 3.8) is 0 Å². The van der Waals surface area contributed by atoms with E-state index in [0.717, 1.165) is 12.8 Å². The molecule has 0 saturated carbocycles. The number of nitrogens with two attached hydrogens (primary N) is 1. The minimum absolute atomic E-state index is 0.182. The van der Waals surface area contributed by atoms with Gasteiger partial charge in [-0.1, -0.05) is 23.2 Å². The molecule has 0 fully saturated rings. The van der Waals surface area contributed by atoms with E-state index in [1.165, 1.54) is 0 Å². The van der Waals surface area contributed by atoms with Crippen molar-refractivity contribution in [2.75, 3.05) is 13.1 Å². The van der Waals surface area contributed by atoms with Gasteiger partial charge in [0, 0.05) is 11.6 Å². The van der Waals surface area contributed by atoms with Crippen molar-refractivity contribution >= 4 is 29.1 Å². The van der Waals surface area contributed by atoms with Gasteiger partial charge in [0.15, 0.2) is 0 Å². The highest BCUT2D eigenvalue weighted by molar-refractivity contribution is 6.36. The van der Waals surface area contributed by atoms with Crippen molar-refractivity contribution in [3.05, 3.63) is 33.8 Å². The van der Waals surface area contributed by atoms with Gasteiger partial charge in [-0.05, 0) is 37.6 Å². The zero-order valence-electron chi connectivity index (χ0n) is 8.80. The Bertz CT molecular complexity index is 369. The number of hydrogen-bond acceptors (Lipinski definition) is 2. The second kappa shape index (κ2) is 6.74. The Balaban J connectivity index is 2.53. The minimum atomic E-state index is -0.182. The molecule has 0 spiro atoms. The fourth-order valence-corrected chi connectivity index (χ4v) is 1.73. The number of rotatable bonds is 5. The summed E-state index contributed by atoms with van der Waals surface area (Å²) >= 11 is 11.6. The van der Waals surface area contributed by atoms with Gasteiger partial charge in [0.1, 0.15) is 0 Å². The van der Waals surface area contributed by atoms with E-state index in [2.05, 4.69) is 5.32 Å². The number of carbonyl (C=O) groups excluding carboxylic acids is 1. The molecule has 0 bridgehead atoms. The molecule has 3 N–H and O–H groups in total. The van der Waals surface area contributed by atoms with E-state index in [9.17, 15) is 4.79 Å². The Hall–Kier alpha value is -0.770. The Labute approximate surface area is 105 Å². The SMILES string of the molecule is NCCCCNC(=O)c1ccc(Cl)cc1Cl. The maximum Gasteiger partial charge on any atom is 0.252 e. The summed E-state index contributed by atoms with van der Waals surface area (Å²) < 4.78 is 0. The summed E-state index contributed by atoms with van der Waals surface area (Å²) in [5.74, 6) is -0.182. The molecule has 0 aromatic heterocycles. The molecule has 0 radical (unpaired) electrons. The fraction of sp³-hybridized carbons (Fsp3) is 0.364. The summed E-state index contributed by atoms with van der Waals surface area (Å²) in [7, 11) is 0. The van der Waals surface area contributed by atoms with Gasteiger partial charge in [-0.15, -0.1) is 0 Å². The van der Waals surface area contributed by atoms with Gasteiger partial charge in [-0.2, -0.15) is 0 Å². The lowest BCUT2D eigenvalue weighted by atomic mass is 10.2. The summed E-state index contributed by atoms with van der Waals surface area (Å²) in [5, 5.41) is 3.65. The minimum Gasteiger partial charge on any atom is -0.352 e. The number of benzene rings is 1. The normalized spacial score (nSPS) is 10.2. The van der Waals surface area contributed by atoms with Crippen molar-refractivity contribution in [2.45, 2.75) is 12.8 Å². The molecule has 0 aliphatic carbocycles. The van der Waals surface area contributed by atoms with Crippen molar-refractivity contribution in [1.82, 2.24) is 5.32 Å². The largest absolute Gasteiger partial charge is 0.352 e. The Kier molecular flexibility index (Phi) is 5.60. The summed E-state index contributed by atoms with van der Waals surface area (Å²) in [6, 6.07) is 4.81. The average Bonchev–Trinajstić information content (AvgIpc) is 2.24. The Morgan fingerprint density at radius 3 is 2.69 bits per heavy atom. The number of carbonyl (C=O) groups is 1. The predicted octanol–water partition coefficient (Wildman–Crippen LogP) is 2.46. The first-order valence-electron chi connectivity index (χ1n) is 5.08. The first-order chi connectivity index (χ1) is 7.65. The number of amides is 1. The van der Waals surface area contributed by atoms with E-state index in [0.29, 0.717) is 28.7 Å². The van der Waals surface area contributed by atoms with Crippen molar-refractivity contribution < 1.29 is 4.79 Å². The van der Waals surface area contributed by atoms with E-state index in [-0.39, 0.29) is 5.91 Å². The second-order valence-corrected chi connectivity index (χ2v) is 4.22. The smallest absolute Gasteiger partial charge is 0.252 e. The lowest BCUT2D eigenvalue weighted by molar-refractivity contribution is 0.0953. The van der Waals surface area contributed by atoms with Crippen LogP contribution >= 0.6 is 23.2 Å². The van der Waals surface area contributed by atoms with Crippen LogP contribution in [0.2, 0.25) is 10.0 Å². The molecule has 0 aliphatic rings. The van der Waals surface area contributed by atoms with Crippen LogP contribution in [-0.4, -0.2) is 19.0 Å². The molecule has 16 heavy (non-hydrogen) atoms. The molecule has 1 aromatic carbocycles. The molecule has 3 nitrogen and oxygen atoms in total. The number of nitrogens with one attached hydrogen (secondary N) is 1.